The highest BCUT2D eigenvalue weighted by molar-refractivity contribution is 5.96. The van der Waals surface area contributed by atoms with E-state index >= 15 is 0 Å². The first-order valence-corrected chi connectivity index (χ1v) is 7.48. The van der Waals surface area contributed by atoms with Crippen molar-refractivity contribution in [2.24, 2.45) is 0 Å². The zero-order valence-corrected chi connectivity index (χ0v) is 12.7. The van der Waals surface area contributed by atoms with Gasteiger partial charge in [-0.05, 0) is 25.0 Å². The topological polar surface area (TPSA) is 66.4 Å². The number of benzene rings is 1. The first kappa shape index (κ1) is 19.2. The Morgan fingerprint density at radius 3 is 1.96 bits per heavy atom. The van der Waals surface area contributed by atoms with E-state index in [1.54, 1.807) is 5.48 Å². The smallest absolute Gasteiger partial charge is 0.294 e. The molecule has 0 radical (unpaired) electrons. The van der Waals surface area contributed by atoms with Gasteiger partial charge in [-0.3, -0.25) is 14.8 Å². The van der Waals surface area contributed by atoms with Crippen LogP contribution < -0.4 is 5.48 Å². The molecule has 7 heteroatoms. The molecule has 0 saturated heterocycles. The summed E-state index contributed by atoms with van der Waals surface area (Å²) in [5.41, 5.74) is 1.09. The van der Waals surface area contributed by atoms with Crippen LogP contribution in [0.25, 0.3) is 0 Å². The van der Waals surface area contributed by atoms with Crippen molar-refractivity contribution in [3.8, 4) is 0 Å². The van der Waals surface area contributed by atoms with Crippen molar-refractivity contribution in [1.82, 2.24) is 5.48 Å². The van der Waals surface area contributed by atoms with Gasteiger partial charge in [0.15, 0.2) is 5.78 Å². The molecule has 1 amide bonds. The molecular formula is C16H20F3NO3. The SMILES string of the molecule is O=C(CCCCCCCC(=O)c1ccc(C(F)(F)F)cc1)NO. The number of Topliss-reactive ketones (excluding diaryl/α,β-unsaturated/α-hetero) is 1. The number of hydroxylamine groups is 1. The van der Waals surface area contributed by atoms with Crippen molar-refractivity contribution in [3.05, 3.63) is 35.4 Å². The monoisotopic (exact) mass is 331 g/mol. The van der Waals surface area contributed by atoms with Gasteiger partial charge in [0, 0.05) is 18.4 Å². The van der Waals surface area contributed by atoms with Crippen LogP contribution in [0.4, 0.5) is 13.2 Å². The Balaban J connectivity index is 2.23. The Hall–Kier alpha value is -1.89. The first-order valence-electron chi connectivity index (χ1n) is 7.48. The first-order chi connectivity index (χ1) is 10.8. The van der Waals surface area contributed by atoms with Gasteiger partial charge in [0.1, 0.15) is 0 Å². The largest absolute Gasteiger partial charge is 0.416 e. The molecule has 0 saturated carbocycles. The predicted octanol–water partition coefficient (Wildman–Crippen LogP) is 4.12. The molecule has 4 nitrogen and oxygen atoms in total. The Kier molecular flexibility index (Phi) is 7.74. The lowest BCUT2D eigenvalue weighted by Gasteiger charge is -2.07. The zero-order chi connectivity index (χ0) is 17.3. The van der Waals surface area contributed by atoms with Crippen LogP contribution in [0.3, 0.4) is 0 Å². The molecule has 0 aromatic heterocycles. The lowest BCUT2D eigenvalue weighted by molar-refractivity contribution is -0.137. The number of alkyl halides is 3. The van der Waals surface area contributed by atoms with E-state index in [4.69, 9.17) is 5.21 Å². The summed E-state index contributed by atoms with van der Waals surface area (Å²) in [4.78, 5) is 22.6. The lowest BCUT2D eigenvalue weighted by atomic mass is 10.0. The van der Waals surface area contributed by atoms with Crippen LogP contribution >= 0.6 is 0 Å². The standard InChI is InChI=1S/C16H20F3NO3/c17-16(18,19)13-10-8-12(9-11-13)14(21)6-4-2-1-3-5-7-15(22)20-23/h8-11,23H,1-7H2,(H,20,22). The molecule has 1 rings (SSSR count). The van der Waals surface area contributed by atoms with Gasteiger partial charge in [0.05, 0.1) is 5.56 Å². The van der Waals surface area contributed by atoms with Crippen LogP contribution in [0, 0.1) is 0 Å². The average Bonchev–Trinajstić information content (AvgIpc) is 2.52. The highest BCUT2D eigenvalue weighted by Crippen LogP contribution is 2.29. The number of amides is 1. The van der Waals surface area contributed by atoms with Crippen LogP contribution in [-0.2, 0) is 11.0 Å². The molecule has 2 N–H and O–H groups in total. The number of halogens is 3. The van der Waals surface area contributed by atoms with Crippen molar-refractivity contribution in [2.45, 2.75) is 51.1 Å². The minimum absolute atomic E-state index is 0.168. The van der Waals surface area contributed by atoms with E-state index < -0.39 is 17.6 Å². The highest BCUT2D eigenvalue weighted by Gasteiger charge is 2.30. The van der Waals surface area contributed by atoms with E-state index in [-0.39, 0.29) is 17.8 Å². The number of unbranched alkanes of at least 4 members (excludes halogenated alkanes) is 4. The van der Waals surface area contributed by atoms with Crippen LogP contribution in [0.2, 0.25) is 0 Å². The fraction of sp³-hybridized carbons (Fsp3) is 0.500. The number of rotatable bonds is 9. The quantitative estimate of drug-likeness (QED) is 0.309. The van der Waals surface area contributed by atoms with E-state index in [2.05, 4.69) is 0 Å². The highest BCUT2D eigenvalue weighted by atomic mass is 19.4. The van der Waals surface area contributed by atoms with Crippen molar-refractivity contribution in [3.63, 3.8) is 0 Å². The number of nitrogens with one attached hydrogen (secondary N) is 1. The summed E-state index contributed by atoms with van der Waals surface area (Å²) in [6.07, 6.45) is -0.0166. The maximum absolute atomic E-state index is 12.4. The van der Waals surface area contributed by atoms with Crippen LogP contribution in [0.5, 0.6) is 0 Å². The Morgan fingerprint density at radius 2 is 1.43 bits per heavy atom. The van der Waals surface area contributed by atoms with E-state index in [0.717, 1.165) is 31.4 Å². The molecule has 0 aliphatic carbocycles. The van der Waals surface area contributed by atoms with E-state index in [1.165, 1.54) is 12.1 Å². The number of carbonyl (C=O) groups is 2. The lowest BCUT2D eigenvalue weighted by Crippen LogP contribution is -2.17. The number of hydrogen-bond acceptors (Lipinski definition) is 3. The molecule has 23 heavy (non-hydrogen) atoms. The second-order valence-electron chi connectivity index (χ2n) is 5.30. The summed E-state index contributed by atoms with van der Waals surface area (Å²) in [5.74, 6) is -0.583. The summed E-state index contributed by atoms with van der Waals surface area (Å²) >= 11 is 0. The molecule has 1 aromatic rings. The van der Waals surface area contributed by atoms with Gasteiger partial charge in [-0.2, -0.15) is 13.2 Å². The molecule has 0 spiro atoms. The Labute approximate surface area is 132 Å². The van der Waals surface area contributed by atoms with Gasteiger partial charge >= 0.3 is 6.18 Å². The maximum atomic E-state index is 12.4. The fourth-order valence-electron chi connectivity index (χ4n) is 2.15. The maximum Gasteiger partial charge on any atom is 0.416 e. The van der Waals surface area contributed by atoms with E-state index in [9.17, 15) is 22.8 Å². The Morgan fingerprint density at radius 1 is 0.913 bits per heavy atom. The summed E-state index contributed by atoms with van der Waals surface area (Å²) in [7, 11) is 0. The van der Waals surface area contributed by atoms with E-state index in [1.807, 2.05) is 0 Å². The summed E-state index contributed by atoms with van der Waals surface area (Å²) in [6.45, 7) is 0. The van der Waals surface area contributed by atoms with Gasteiger partial charge in [0.2, 0.25) is 5.91 Å². The minimum Gasteiger partial charge on any atom is -0.294 e. The van der Waals surface area contributed by atoms with Crippen molar-refractivity contribution in [2.75, 3.05) is 0 Å². The fourth-order valence-corrected chi connectivity index (χ4v) is 2.15. The molecule has 0 bridgehead atoms. The molecule has 0 heterocycles. The third kappa shape index (κ3) is 7.27. The number of hydrogen-bond donors (Lipinski definition) is 2. The zero-order valence-electron chi connectivity index (χ0n) is 12.7. The summed E-state index contributed by atoms with van der Waals surface area (Å²) in [5, 5.41) is 8.31. The van der Waals surface area contributed by atoms with Gasteiger partial charge in [-0.1, -0.05) is 31.4 Å². The van der Waals surface area contributed by atoms with Crippen LogP contribution in [0.1, 0.15) is 60.9 Å². The van der Waals surface area contributed by atoms with Crippen LogP contribution in [-0.4, -0.2) is 16.9 Å². The molecule has 0 atom stereocenters. The van der Waals surface area contributed by atoms with Crippen LogP contribution in [0.15, 0.2) is 24.3 Å². The molecular weight excluding hydrogens is 311 g/mol. The average molecular weight is 331 g/mol. The van der Waals surface area contributed by atoms with Crippen molar-refractivity contribution in [1.29, 1.82) is 0 Å². The summed E-state index contributed by atoms with van der Waals surface area (Å²) < 4.78 is 37.3. The number of ketones is 1. The minimum atomic E-state index is -4.39. The third-order valence-electron chi connectivity index (χ3n) is 3.47. The predicted molar refractivity (Wildman–Crippen MR) is 78.0 cm³/mol. The van der Waals surface area contributed by atoms with Gasteiger partial charge in [-0.15, -0.1) is 0 Å². The Bertz CT molecular complexity index is 512. The van der Waals surface area contributed by atoms with Gasteiger partial charge in [0.25, 0.3) is 0 Å². The molecule has 128 valence electrons. The van der Waals surface area contributed by atoms with Gasteiger partial charge < -0.3 is 0 Å². The third-order valence-corrected chi connectivity index (χ3v) is 3.47. The number of carbonyl (C=O) groups excluding carboxylic acids is 2. The molecule has 0 fully saturated rings. The van der Waals surface area contributed by atoms with E-state index in [0.29, 0.717) is 19.3 Å². The summed E-state index contributed by atoms with van der Waals surface area (Å²) in [6, 6.07) is 4.25. The second-order valence-corrected chi connectivity index (χ2v) is 5.30. The van der Waals surface area contributed by atoms with Gasteiger partial charge in [-0.25, -0.2) is 5.48 Å². The normalized spacial score (nSPS) is 11.3. The van der Waals surface area contributed by atoms with Crippen molar-refractivity contribution >= 4 is 11.7 Å². The molecule has 0 aliphatic rings. The van der Waals surface area contributed by atoms with Crippen molar-refractivity contribution < 1.29 is 28.0 Å². The molecule has 0 unspecified atom stereocenters. The second kappa shape index (κ2) is 9.29. The molecule has 0 aliphatic heterocycles. The molecule has 1 aromatic carbocycles.